The summed E-state index contributed by atoms with van der Waals surface area (Å²) < 4.78 is 0. The molecule has 2 nitrogen and oxygen atoms in total. The van der Waals surface area contributed by atoms with Crippen LogP contribution < -0.4 is 5.73 Å². The largest absolute Gasteiger partial charge is 0.330 e. The first-order chi connectivity index (χ1) is 8.71. The summed E-state index contributed by atoms with van der Waals surface area (Å²) in [6.07, 6.45) is 7.82. The molecule has 0 saturated carbocycles. The Morgan fingerprint density at radius 3 is 1.94 bits per heavy atom. The Bertz CT molecular complexity index is 166. The molecule has 0 aromatic carbocycles. The summed E-state index contributed by atoms with van der Waals surface area (Å²) >= 11 is 0. The van der Waals surface area contributed by atoms with Crippen LogP contribution in [-0.2, 0) is 0 Å². The van der Waals surface area contributed by atoms with Crippen molar-refractivity contribution < 1.29 is 0 Å². The minimum Gasteiger partial charge on any atom is -0.330 e. The van der Waals surface area contributed by atoms with Gasteiger partial charge in [-0.2, -0.15) is 0 Å². The molecule has 0 spiro atoms. The van der Waals surface area contributed by atoms with E-state index in [9.17, 15) is 0 Å². The predicted octanol–water partition coefficient (Wildman–Crippen LogP) is 3.90. The molecule has 0 aliphatic rings. The molecule has 1 atom stereocenters. The van der Waals surface area contributed by atoms with Gasteiger partial charge in [0.1, 0.15) is 0 Å². The molecular formula is C16H36N2. The van der Waals surface area contributed by atoms with Crippen molar-refractivity contribution in [2.75, 3.05) is 26.2 Å². The quantitative estimate of drug-likeness (QED) is 0.574. The molecule has 2 heteroatoms. The second kappa shape index (κ2) is 12.0. The average Bonchev–Trinajstić information content (AvgIpc) is 2.41. The number of nitrogens with zero attached hydrogens (tertiary/aromatic N) is 1. The summed E-state index contributed by atoms with van der Waals surface area (Å²) in [5.74, 6) is 1.73. The van der Waals surface area contributed by atoms with Crippen molar-refractivity contribution in [1.29, 1.82) is 0 Å². The Morgan fingerprint density at radius 2 is 1.50 bits per heavy atom. The normalized spacial score (nSPS) is 13.5. The Balaban J connectivity index is 3.84. The van der Waals surface area contributed by atoms with E-state index in [0.29, 0.717) is 0 Å². The molecule has 0 saturated heterocycles. The van der Waals surface area contributed by atoms with Crippen molar-refractivity contribution >= 4 is 0 Å². The maximum absolute atomic E-state index is 5.65. The van der Waals surface area contributed by atoms with E-state index in [0.717, 1.165) is 18.4 Å². The highest BCUT2D eigenvalue weighted by Gasteiger charge is 2.11. The third-order valence-electron chi connectivity index (χ3n) is 4.36. The number of nitrogens with two attached hydrogens (primary N) is 1. The Hall–Kier alpha value is -0.0800. The molecule has 1 unspecified atom stereocenters. The minimum atomic E-state index is 0.849. The zero-order valence-electron chi connectivity index (χ0n) is 13.3. The molecule has 110 valence electrons. The van der Waals surface area contributed by atoms with Gasteiger partial charge in [0.25, 0.3) is 0 Å². The van der Waals surface area contributed by atoms with Gasteiger partial charge in [-0.25, -0.2) is 0 Å². The standard InChI is InChI=1S/C16H36N2/c1-5-15(6-2)14-18(8-4)13-9-10-16(7-3)11-12-17/h15-16H,5-14,17H2,1-4H3. The topological polar surface area (TPSA) is 29.3 Å². The Kier molecular flexibility index (Phi) is 11.9. The summed E-state index contributed by atoms with van der Waals surface area (Å²) in [6, 6.07) is 0. The van der Waals surface area contributed by atoms with Gasteiger partial charge in [0.05, 0.1) is 0 Å². The van der Waals surface area contributed by atoms with Gasteiger partial charge >= 0.3 is 0 Å². The van der Waals surface area contributed by atoms with Crippen LogP contribution >= 0.6 is 0 Å². The molecule has 0 amide bonds. The fraction of sp³-hybridized carbons (Fsp3) is 1.00. The highest BCUT2D eigenvalue weighted by molar-refractivity contribution is 4.65. The van der Waals surface area contributed by atoms with E-state index < -0.39 is 0 Å². The Morgan fingerprint density at radius 1 is 0.889 bits per heavy atom. The van der Waals surface area contributed by atoms with Gasteiger partial charge in [0, 0.05) is 6.54 Å². The van der Waals surface area contributed by atoms with Crippen molar-refractivity contribution in [2.24, 2.45) is 17.6 Å². The lowest BCUT2D eigenvalue weighted by Crippen LogP contribution is -2.30. The Labute approximate surface area is 115 Å². The average molecular weight is 256 g/mol. The minimum absolute atomic E-state index is 0.849. The number of rotatable bonds is 12. The van der Waals surface area contributed by atoms with Gasteiger partial charge in [-0.1, -0.05) is 47.0 Å². The molecule has 0 aromatic rings. The molecule has 0 heterocycles. The summed E-state index contributed by atoms with van der Waals surface area (Å²) in [6.45, 7) is 13.8. The summed E-state index contributed by atoms with van der Waals surface area (Å²) in [4.78, 5) is 2.63. The molecule has 0 aromatic heterocycles. The lowest BCUT2D eigenvalue weighted by molar-refractivity contribution is 0.223. The van der Waals surface area contributed by atoms with Gasteiger partial charge < -0.3 is 10.6 Å². The molecule has 0 radical (unpaired) electrons. The van der Waals surface area contributed by atoms with E-state index in [1.807, 2.05) is 0 Å². The van der Waals surface area contributed by atoms with Gasteiger partial charge in [-0.05, 0) is 50.7 Å². The molecular weight excluding hydrogens is 220 g/mol. The maximum Gasteiger partial charge on any atom is 0.000934 e. The first-order valence-electron chi connectivity index (χ1n) is 8.13. The van der Waals surface area contributed by atoms with Gasteiger partial charge in [-0.15, -0.1) is 0 Å². The SMILES string of the molecule is CCC(CCN)CCCN(CC)CC(CC)CC. The molecule has 0 aliphatic heterocycles. The van der Waals surface area contributed by atoms with Crippen LogP contribution in [0.4, 0.5) is 0 Å². The second-order valence-corrected chi connectivity index (χ2v) is 5.57. The molecule has 0 aliphatic carbocycles. The van der Waals surface area contributed by atoms with E-state index in [1.165, 1.54) is 58.2 Å². The summed E-state index contributed by atoms with van der Waals surface area (Å²) in [7, 11) is 0. The zero-order valence-corrected chi connectivity index (χ0v) is 13.3. The monoisotopic (exact) mass is 256 g/mol. The summed E-state index contributed by atoms with van der Waals surface area (Å²) in [5, 5.41) is 0. The van der Waals surface area contributed by atoms with Gasteiger partial charge in [0.15, 0.2) is 0 Å². The molecule has 0 fully saturated rings. The van der Waals surface area contributed by atoms with Crippen LogP contribution in [0.1, 0.15) is 66.2 Å². The molecule has 2 N–H and O–H groups in total. The van der Waals surface area contributed by atoms with E-state index in [2.05, 4.69) is 32.6 Å². The predicted molar refractivity (Wildman–Crippen MR) is 82.9 cm³/mol. The molecule has 18 heavy (non-hydrogen) atoms. The number of hydrogen-bond acceptors (Lipinski definition) is 2. The van der Waals surface area contributed by atoms with Crippen LogP contribution in [-0.4, -0.2) is 31.1 Å². The van der Waals surface area contributed by atoms with Crippen molar-refractivity contribution in [3.05, 3.63) is 0 Å². The van der Waals surface area contributed by atoms with E-state index in [1.54, 1.807) is 0 Å². The van der Waals surface area contributed by atoms with Crippen LogP contribution in [0, 0.1) is 11.8 Å². The fourth-order valence-corrected chi connectivity index (χ4v) is 2.68. The van der Waals surface area contributed by atoms with Gasteiger partial charge in [-0.3, -0.25) is 0 Å². The summed E-state index contributed by atoms with van der Waals surface area (Å²) in [5.41, 5.74) is 5.65. The van der Waals surface area contributed by atoms with Crippen LogP contribution in [0.5, 0.6) is 0 Å². The van der Waals surface area contributed by atoms with Crippen molar-refractivity contribution in [2.45, 2.75) is 66.2 Å². The maximum atomic E-state index is 5.65. The second-order valence-electron chi connectivity index (χ2n) is 5.57. The first-order valence-corrected chi connectivity index (χ1v) is 8.13. The highest BCUT2D eigenvalue weighted by Crippen LogP contribution is 2.16. The lowest BCUT2D eigenvalue weighted by atomic mass is 9.96. The van der Waals surface area contributed by atoms with Crippen LogP contribution in [0.15, 0.2) is 0 Å². The van der Waals surface area contributed by atoms with Crippen LogP contribution in [0.2, 0.25) is 0 Å². The third kappa shape index (κ3) is 8.10. The van der Waals surface area contributed by atoms with Crippen molar-refractivity contribution in [3.8, 4) is 0 Å². The first kappa shape index (κ1) is 17.9. The van der Waals surface area contributed by atoms with E-state index in [-0.39, 0.29) is 0 Å². The third-order valence-corrected chi connectivity index (χ3v) is 4.36. The zero-order chi connectivity index (χ0) is 13.8. The molecule has 0 bridgehead atoms. The van der Waals surface area contributed by atoms with Crippen molar-refractivity contribution in [1.82, 2.24) is 4.90 Å². The highest BCUT2D eigenvalue weighted by atomic mass is 15.1. The van der Waals surface area contributed by atoms with Crippen LogP contribution in [0.3, 0.4) is 0 Å². The number of hydrogen-bond donors (Lipinski definition) is 1. The smallest absolute Gasteiger partial charge is 0.000934 e. The van der Waals surface area contributed by atoms with Crippen molar-refractivity contribution in [3.63, 3.8) is 0 Å². The van der Waals surface area contributed by atoms with E-state index in [4.69, 9.17) is 5.73 Å². The lowest BCUT2D eigenvalue weighted by Gasteiger charge is -2.26. The molecule has 0 rings (SSSR count). The fourth-order valence-electron chi connectivity index (χ4n) is 2.68. The van der Waals surface area contributed by atoms with Gasteiger partial charge in [0.2, 0.25) is 0 Å². The van der Waals surface area contributed by atoms with E-state index >= 15 is 0 Å². The van der Waals surface area contributed by atoms with Crippen LogP contribution in [0.25, 0.3) is 0 Å².